The van der Waals surface area contributed by atoms with Crippen LogP contribution in [-0.4, -0.2) is 4.32 Å². The van der Waals surface area contributed by atoms with Gasteiger partial charge in [0.15, 0.2) is 0 Å². The molecule has 0 aliphatic rings. The second-order valence-corrected chi connectivity index (χ2v) is 5.26. The molecule has 0 spiro atoms. The third-order valence-electron chi connectivity index (χ3n) is 0.142. The van der Waals surface area contributed by atoms with E-state index >= 15 is 0 Å². The number of thiocarbonyl (C=S) groups is 1. The van der Waals surface area contributed by atoms with Crippen molar-refractivity contribution in [2.75, 3.05) is 0 Å². The molecule has 0 rings (SSSR count). The average molecular weight is 293 g/mol. The van der Waals surface area contributed by atoms with Gasteiger partial charge < -0.3 is 0 Å². The summed E-state index contributed by atoms with van der Waals surface area (Å²) in [5, 5.41) is 0. The molecule has 0 heterocycles. The van der Waals surface area contributed by atoms with E-state index < -0.39 is 0 Å². The van der Waals surface area contributed by atoms with Gasteiger partial charge in [0.2, 0.25) is 0 Å². The van der Waals surface area contributed by atoms with Crippen molar-refractivity contribution in [2.45, 2.75) is 0 Å². The molecule has 5 heavy (non-hydrogen) atoms. The fraction of sp³-hybridized carbons (Fsp3) is 0. The van der Waals surface area contributed by atoms with E-state index in [9.17, 15) is 0 Å². The van der Waals surface area contributed by atoms with Crippen LogP contribution in [0.25, 0.3) is 0 Å². The van der Waals surface area contributed by atoms with Gasteiger partial charge in [-0.15, -0.1) is 0 Å². The zero-order chi connectivity index (χ0) is 4.28. The molecule has 0 saturated carbocycles. The summed E-state index contributed by atoms with van der Waals surface area (Å²) in [6.45, 7) is 0. The first-order valence-electron chi connectivity index (χ1n) is 0.986. The SMILES string of the molecule is NC(=S)[S][Hg]. The van der Waals surface area contributed by atoms with E-state index in [1.165, 1.54) is 0 Å². The van der Waals surface area contributed by atoms with E-state index in [0.29, 0.717) is 28.9 Å². The van der Waals surface area contributed by atoms with Crippen LogP contribution in [0.2, 0.25) is 0 Å². The second kappa shape index (κ2) is 3.37. The van der Waals surface area contributed by atoms with Crippen LogP contribution in [0.5, 0.6) is 0 Å². The minimum atomic E-state index is 0.591. The first-order valence-corrected chi connectivity index (χ1v) is 9.11. The van der Waals surface area contributed by atoms with Crippen molar-refractivity contribution in [3.63, 3.8) is 0 Å². The normalized spacial score (nSPS) is 7.60. The summed E-state index contributed by atoms with van der Waals surface area (Å²) in [5.41, 5.74) is 5.03. The Kier molecular flexibility index (Phi) is 4.16. The molecule has 0 bridgehead atoms. The number of nitrogens with two attached hydrogens (primary N) is 1. The molecule has 0 saturated heterocycles. The maximum atomic E-state index is 5.03. The molecule has 0 aromatic heterocycles. The standard InChI is InChI=1S/CH3NS2.Hg/c2-1(3)4;/h(H3,2,3,4);/q;+1/p-1. The monoisotopic (exact) mass is 294 g/mol. The van der Waals surface area contributed by atoms with E-state index in [2.05, 4.69) is 12.2 Å². The van der Waals surface area contributed by atoms with Crippen LogP contribution in [0.15, 0.2) is 0 Å². The van der Waals surface area contributed by atoms with Gasteiger partial charge >= 0.3 is 55.1 Å². The Labute approximate surface area is 54.8 Å². The van der Waals surface area contributed by atoms with Gasteiger partial charge in [-0.05, 0) is 0 Å². The van der Waals surface area contributed by atoms with Crippen LogP contribution in [0.4, 0.5) is 0 Å². The summed E-state index contributed by atoms with van der Waals surface area (Å²) in [6.07, 6.45) is 0. The fourth-order valence-electron chi connectivity index (χ4n) is 0. The Morgan fingerprint density at radius 1 is 2.00 bits per heavy atom. The zero-order valence-electron chi connectivity index (χ0n) is 2.60. The molecule has 0 atom stereocenters. The molecule has 0 aliphatic carbocycles. The van der Waals surface area contributed by atoms with Gasteiger partial charge in [0.1, 0.15) is 0 Å². The van der Waals surface area contributed by atoms with Crippen LogP contribution in [0.1, 0.15) is 0 Å². The third-order valence-corrected chi connectivity index (χ3v) is 6.85. The van der Waals surface area contributed by atoms with Crippen LogP contribution in [0.3, 0.4) is 0 Å². The fourth-order valence-corrected chi connectivity index (χ4v) is 0. The molecule has 25 valence electrons. The minimum absolute atomic E-state index is 0.591. The van der Waals surface area contributed by atoms with Gasteiger partial charge in [0.05, 0.1) is 0 Å². The molecule has 0 aromatic carbocycles. The molecule has 2 N–H and O–H groups in total. The van der Waals surface area contributed by atoms with Gasteiger partial charge in [-0.2, -0.15) is 0 Å². The van der Waals surface area contributed by atoms with Gasteiger partial charge in [-0.25, -0.2) is 0 Å². The molecule has 0 unspecified atom stereocenters. The molecule has 0 aromatic rings. The van der Waals surface area contributed by atoms with Crippen molar-refractivity contribution in [1.82, 2.24) is 0 Å². The van der Waals surface area contributed by atoms with Crippen molar-refractivity contribution < 1.29 is 24.6 Å². The van der Waals surface area contributed by atoms with Crippen molar-refractivity contribution in [1.29, 1.82) is 0 Å². The van der Waals surface area contributed by atoms with E-state index in [1.807, 2.05) is 0 Å². The molecule has 0 amide bonds. The summed E-state index contributed by atoms with van der Waals surface area (Å²) in [4.78, 5) is 0. The molecule has 0 aliphatic heterocycles. The van der Waals surface area contributed by atoms with Crippen molar-refractivity contribution >= 4 is 24.8 Å². The molecular formula is CH2HgNS2. The average Bonchev–Trinajstić information content (AvgIpc) is 1.38. The predicted octanol–water partition coefficient (Wildman–Crippen LogP) is 0.425. The Hall–Kier alpha value is 1.18. The molecule has 4 heteroatoms. The Morgan fingerprint density at radius 2 is 2.20 bits per heavy atom. The predicted molar refractivity (Wildman–Crippen MR) is 24.4 cm³/mol. The van der Waals surface area contributed by atoms with Gasteiger partial charge in [0, 0.05) is 0 Å². The van der Waals surface area contributed by atoms with Gasteiger partial charge in [0.25, 0.3) is 0 Å². The van der Waals surface area contributed by atoms with E-state index in [-0.39, 0.29) is 0 Å². The Morgan fingerprint density at radius 3 is 2.20 bits per heavy atom. The summed E-state index contributed by atoms with van der Waals surface area (Å²) in [7, 11) is 1.58. The molecule has 0 radical (unpaired) electrons. The van der Waals surface area contributed by atoms with E-state index in [0.717, 1.165) is 0 Å². The van der Waals surface area contributed by atoms with Crippen LogP contribution < -0.4 is 5.73 Å². The second-order valence-electron chi connectivity index (χ2n) is 0.463. The molecule has 1 nitrogen and oxygen atoms in total. The Bertz CT molecular complexity index is 44.9. The topological polar surface area (TPSA) is 26.0 Å². The Balaban J connectivity index is 2.85. The zero-order valence-corrected chi connectivity index (χ0v) is 9.73. The van der Waals surface area contributed by atoms with Crippen molar-refractivity contribution in [3.05, 3.63) is 0 Å². The van der Waals surface area contributed by atoms with Crippen LogP contribution >= 0.6 is 20.5 Å². The summed E-state index contributed by atoms with van der Waals surface area (Å²) in [6, 6.07) is 0. The van der Waals surface area contributed by atoms with Gasteiger partial charge in [-0.1, -0.05) is 0 Å². The summed E-state index contributed by atoms with van der Waals surface area (Å²) < 4.78 is 0.591. The number of hydrogen-bond acceptors (Lipinski definition) is 2. The third kappa shape index (κ3) is 5.18. The van der Waals surface area contributed by atoms with Crippen molar-refractivity contribution in [2.24, 2.45) is 5.73 Å². The molecular weight excluding hydrogens is 291 g/mol. The maximum absolute atomic E-state index is 5.03. The van der Waals surface area contributed by atoms with Gasteiger partial charge in [-0.3, -0.25) is 0 Å². The van der Waals surface area contributed by atoms with Crippen molar-refractivity contribution in [3.8, 4) is 0 Å². The number of hydrogen-bond donors (Lipinski definition) is 1. The van der Waals surface area contributed by atoms with E-state index in [4.69, 9.17) is 5.73 Å². The first kappa shape index (κ1) is 6.18. The van der Waals surface area contributed by atoms with Crippen LogP contribution in [0, 0.1) is 0 Å². The van der Waals surface area contributed by atoms with E-state index in [1.54, 1.807) is 8.24 Å². The number of rotatable bonds is 0. The summed E-state index contributed by atoms with van der Waals surface area (Å²) >= 11 is 5.18. The quantitative estimate of drug-likeness (QED) is 0.518. The summed E-state index contributed by atoms with van der Waals surface area (Å²) in [5.74, 6) is 0. The first-order chi connectivity index (χ1) is 2.27. The molecule has 0 fully saturated rings. The van der Waals surface area contributed by atoms with Crippen LogP contribution in [-0.2, 0) is 24.6 Å².